The second-order valence-electron chi connectivity index (χ2n) is 5.06. The van der Waals surface area contributed by atoms with Crippen molar-refractivity contribution in [1.29, 1.82) is 0 Å². The van der Waals surface area contributed by atoms with Crippen LogP contribution in [0.1, 0.15) is 0 Å². The lowest BCUT2D eigenvalue weighted by Crippen LogP contribution is -1.79. The Kier molecular flexibility index (Phi) is 2.07. The van der Waals surface area contributed by atoms with Crippen molar-refractivity contribution >= 4 is 64.4 Å². The lowest BCUT2D eigenvalue weighted by atomic mass is 9.97. The molecule has 0 aliphatic carbocycles. The Morgan fingerprint density at radius 3 is 1.45 bits per heavy atom. The van der Waals surface area contributed by atoms with Crippen LogP contribution < -0.4 is 0 Å². The molecule has 0 nitrogen and oxygen atoms in total. The topological polar surface area (TPSA) is 0 Å². The highest BCUT2D eigenvalue weighted by Gasteiger charge is 2.09. The normalized spacial score (nSPS) is 12.0. The van der Waals surface area contributed by atoms with Gasteiger partial charge >= 0.3 is 0 Å². The number of fused-ring (bicyclic) bond motifs is 7. The maximum absolute atomic E-state index is 2.26. The number of benzene rings is 3. The molecule has 0 bridgehead atoms. The Hall–Kier alpha value is -1.90. The van der Waals surface area contributed by atoms with Gasteiger partial charge in [0.1, 0.15) is 0 Å². The summed E-state index contributed by atoms with van der Waals surface area (Å²) in [5.41, 5.74) is 0. The Balaban J connectivity index is 2.23. The summed E-state index contributed by atoms with van der Waals surface area (Å²) < 4.78 is 2.74. The van der Waals surface area contributed by atoms with Gasteiger partial charge in [0, 0.05) is 20.2 Å². The maximum Gasteiger partial charge on any atom is 0.0349 e. The molecule has 0 spiro atoms. The number of hydrogen-bond acceptors (Lipinski definition) is 2. The Morgan fingerprint density at radius 1 is 0.500 bits per heavy atom. The number of hydrogen-bond donors (Lipinski definition) is 0. The fraction of sp³-hybridized carbons (Fsp3) is 0. The average Bonchev–Trinajstić information content (AvgIpc) is 3.14. The quantitative estimate of drug-likeness (QED) is 0.289. The first kappa shape index (κ1) is 10.8. The molecule has 0 aliphatic heterocycles. The van der Waals surface area contributed by atoms with E-state index in [1.54, 1.807) is 0 Å². The van der Waals surface area contributed by atoms with E-state index in [0.717, 1.165) is 0 Å². The van der Waals surface area contributed by atoms with Crippen molar-refractivity contribution in [2.45, 2.75) is 0 Å². The van der Waals surface area contributed by atoms with E-state index < -0.39 is 0 Å². The molecule has 94 valence electrons. The molecule has 20 heavy (non-hydrogen) atoms. The van der Waals surface area contributed by atoms with Crippen molar-refractivity contribution in [1.82, 2.24) is 0 Å². The molecule has 0 atom stereocenters. The third kappa shape index (κ3) is 1.30. The highest BCUT2D eigenvalue weighted by molar-refractivity contribution is 7.17. The highest BCUT2D eigenvalue weighted by atomic mass is 32.1. The van der Waals surface area contributed by atoms with Crippen LogP contribution in [0.15, 0.2) is 59.3 Å². The van der Waals surface area contributed by atoms with Crippen LogP contribution in [0, 0.1) is 0 Å². The zero-order valence-electron chi connectivity index (χ0n) is 10.6. The van der Waals surface area contributed by atoms with Gasteiger partial charge in [0.15, 0.2) is 0 Å². The van der Waals surface area contributed by atoms with E-state index in [1.165, 1.54) is 41.7 Å². The van der Waals surface area contributed by atoms with E-state index in [9.17, 15) is 0 Å². The Morgan fingerprint density at radius 2 is 0.950 bits per heavy atom. The lowest BCUT2D eigenvalue weighted by molar-refractivity contribution is 1.88. The van der Waals surface area contributed by atoms with Crippen LogP contribution in [0.25, 0.3) is 41.7 Å². The van der Waals surface area contributed by atoms with Gasteiger partial charge < -0.3 is 0 Å². The summed E-state index contributed by atoms with van der Waals surface area (Å²) in [5, 5.41) is 12.6. The molecular formula is C18H10S2. The molecule has 0 saturated heterocycles. The zero-order chi connectivity index (χ0) is 13.1. The number of thiophene rings is 2. The molecule has 0 unspecified atom stereocenters. The first-order chi connectivity index (χ1) is 9.92. The molecule has 5 rings (SSSR count). The van der Waals surface area contributed by atoms with Gasteiger partial charge in [-0.05, 0) is 56.6 Å². The van der Waals surface area contributed by atoms with Gasteiger partial charge in [-0.25, -0.2) is 0 Å². The fourth-order valence-electron chi connectivity index (χ4n) is 3.14. The summed E-state index contributed by atoms with van der Waals surface area (Å²) >= 11 is 3.64. The molecule has 2 heteroatoms. The summed E-state index contributed by atoms with van der Waals surface area (Å²) in [5.74, 6) is 0. The van der Waals surface area contributed by atoms with E-state index in [0.29, 0.717) is 0 Å². The largest absolute Gasteiger partial charge is 0.144 e. The van der Waals surface area contributed by atoms with Gasteiger partial charge in [-0.3, -0.25) is 0 Å². The minimum atomic E-state index is 1.34. The lowest BCUT2D eigenvalue weighted by Gasteiger charge is -2.07. The molecule has 0 aliphatic rings. The molecule has 5 aromatic rings. The summed E-state index contributed by atoms with van der Waals surface area (Å²) in [6.07, 6.45) is 0. The monoisotopic (exact) mass is 290 g/mol. The van der Waals surface area contributed by atoms with Crippen molar-refractivity contribution in [3.63, 3.8) is 0 Å². The van der Waals surface area contributed by atoms with E-state index >= 15 is 0 Å². The van der Waals surface area contributed by atoms with Crippen molar-refractivity contribution in [2.75, 3.05) is 0 Å². The molecule has 2 aromatic heterocycles. The third-order valence-electron chi connectivity index (χ3n) is 4.03. The molecule has 0 N–H and O–H groups in total. The van der Waals surface area contributed by atoms with E-state index in [2.05, 4.69) is 59.3 Å². The molecular weight excluding hydrogens is 280 g/mol. The van der Waals surface area contributed by atoms with Crippen LogP contribution in [0.5, 0.6) is 0 Å². The van der Waals surface area contributed by atoms with E-state index in [-0.39, 0.29) is 0 Å². The van der Waals surface area contributed by atoms with Crippen LogP contribution >= 0.6 is 22.7 Å². The predicted molar refractivity (Wildman–Crippen MR) is 92.2 cm³/mol. The van der Waals surface area contributed by atoms with Crippen LogP contribution in [-0.2, 0) is 0 Å². The molecule has 0 radical (unpaired) electrons. The standard InChI is InChI=1S/C18H10S2/c1-2-12-4-6-16-14(8-10-20-16)18(12)17-11(1)3-5-15-13(17)7-9-19-15/h1-10H. The SMILES string of the molecule is c1cc2c(ccc3ccc4ccc5sccc5c4c32)s1. The Bertz CT molecular complexity index is 1010. The number of rotatable bonds is 0. The van der Waals surface area contributed by atoms with E-state index in [1.807, 2.05) is 22.7 Å². The van der Waals surface area contributed by atoms with Gasteiger partial charge in [0.2, 0.25) is 0 Å². The van der Waals surface area contributed by atoms with E-state index in [4.69, 9.17) is 0 Å². The first-order valence-corrected chi connectivity index (χ1v) is 8.37. The second kappa shape index (κ2) is 3.81. The minimum absolute atomic E-state index is 1.34. The van der Waals surface area contributed by atoms with Crippen molar-refractivity contribution < 1.29 is 0 Å². The minimum Gasteiger partial charge on any atom is -0.144 e. The van der Waals surface area contributed by atoms with Crippen LogP contribution in [0.4, 0.5) is 0 Å². The first-order valence-electron chi connectivity index (χ1n) is 6.61. The zero-order valence-corrected chi connectivity index (χ0v) is 12.2. The smallest absolute Gasteiger partial charge is 0.0349 e. The van der Waals surface area contributed by atoms with Gasteiger partial charge in [-0.2, -0.15) is 0 Å². The van der Waals surface area contributed by atoms with Crippen LogP contribution in [0.3, 0.4) is 0 Å². The van der Waals surface area contributed by atoms with Gasteiger partial charge in [-0.15, -0.1) is 22.7 Å². The van der Waals surface area contributed by atoms with Gasteiger partial charge in [0.05, 0.1) is 0 Å². The second-order valence-corrected chi connectivity index (χ2v) is 6.95. The van der Waals surface area contributed by atoms with Gasteiger partial charge in [-0.1, -0.05) is 24.3 Å². The highest BCUT2D eigenvalue weighted by Crippen LogP contribution is 2.38. The van der Waals surface area contributed by atoms with Crippen molar-refractivity contribution in [3.8, 4) is 0 Å². The molecule has 2 heterocycles. The average molecular weight is 290 g/mol. The van der Waals surface area contributed by atoms with Crippen LogP contribution in [-0.4, -0.2) is 0 Å². The predicted octanol–water partition coefficient (Wildman–Crippen LogP) is 6.42. The Labute approximate surface area is 123 Å². The van der Waals surface area contributed by atoms with Crippen molar-refractivity contribution in [2.24, 2.45) is 0 Å². The molecule has 0 saturated carbocycles. The van der Waals surface area contributed by atoms with Gasteiger partial charge in [0.25, 0.3) is 0 Å². The fourth-order valence-corrected chi connectivity index (χ4v) is 4.73. The summed E-state index contributed by atoms with van der Waals surface area (Å²) in [6, 6.07) is 18.0. The summed E-state index contributed by atoms with van der Waals surface area (Å²) in [4.78, 5) is 0. The van der Waals surface area contributed by atoms with Crippen molar-refractivity contribution in [3.05, 3.63) is 59.3 Å². The summed E-state index contributed by atoms with van der Waals surface area (Å²) in [7, 11) is 0. The maximum atomic E-state index is 2.26. The molecule has 3 aromatic carbocycles. The summed E-state index contributed by atoms with van der Waals surface area (Å²) in [6.45, 7) is 0. The third-order valence-corrected chi connectivity index (χ3v) is 5.79. The van der Waals surface area contributed by atoms with Crippen LogP contribution in [0.2, 0.25) is 0 Å². The molecule has 0 fully saturated rings. The molecule has 0 amide bonds.